The Morgan fingerprint density at radius 1 is 1.00 bits per heavy atom. The number of benzene rings is 2. The van der Waals surface area contributed by atoms with E-state index in [1.54, 1.807) is 6.07 Å². The second kappa shape index (κ2) is 5.95. The molecule has 3 rings (SSSR count). The third-order valence-corrected chi connectivity index (χ3v) is 3.61. The molecule has 2 aromatic rings. The van der Waals surface area contributed by atoms with Gasteiger partial charge in [0.25, 0.3) is 0 Å². The topological polar surface area (TPSA) is 12.5 Å². The maximum Gasteiger partial charge on any atom is 0.146 e. The van der Waals surface area contributed by atoms with Crippen LogP contribution < -0.4 is 9.64 Å². The molecule has 0 radical (unpaired) electrons. The summed E-state index contributed by atoms with van der Waals surface area (Å²) >= 11 is 0. The molecule has 1 aliphatic rings. The summed E-state index contributed by atoms with van der Waals surface area (Å²) in [6, 6.07) is 15.0. The SMILES string of the molecule is Fc1ccc(OCc2ccccc2)cc1N1CCCC1. The van der Waals surface area contributed by atoms with Crippen LogP contribution in [0.3, 0.4) is 0 Å². The predicted molar refractivity (Wildman–Crippen MR) is 78.6 cm³/mol. The molecule has 0 N–H and O–H groups in total. The molecule has 3 heteroatoms. The van der Waals surface area contributed by atoms with Crippen LogP contribution in [0.4, 0.5) is 10.1 Å². The van der Waals surface area contributed by atoms with E-state index >= 15 is 0 Å². The summed E-state index contributed by atoms with van der Waals surface area (Å²) in [5.74, 6) is 0.552. The molecular formula is C17H18FNO. The average molecular weight is 271 g/mol. The van der Waals surface area contributed by atoms with Gasteiger partial charge < -0.3 is 9.64 Å². The van der Waals surface area contributed by atoms with Gasteiger partial charge >= 0.3 is 0 Å². The fraction of sp³-hybridized carbons (Fsp3) is 0.294. The van der Waals surface area contributed by atoms with E-state index in [1.807, 2.05) is 36.4 Å². The minimum absolute atomic E-state index is 0.168. The van der Waals surface area contributed by atoms with Crippen molar-refractivity contribution in [3.8, 4) is 5.75 Å². The second-order valence-corrected chi connectivity index (χ2v) is 5.08. The Labute approximate surface area is 118 Å². The van der Waals surface area contributed by atoms with Crippen molar-refractivity contribution in [3.63, 3.8) is 0 Å². The van der Waals surface area contributed by atoms with Crippen molar-refractivity contribution in [3.05, 3.63) is 59.9 Å². The third kappa shape index (κ3) is 2.93. The molecule has 0 amide bonds. The van der Waals surface area contributed by atoms with Crippen LogP contribution in [0.25, 0.3) is 0 Å². The zero-order valence-electron chi connectivity index (χ0n) is 11.4. The molecule has 0 unspecified atom stereocenters. The van der Waals surface area contributed by atoms with E-state index in [4.69, 9.17) is 4.74 Å². The number of anilines is 1. The summed E-state index contributed by atoms with van der Waals surface area (Å²) in [5, 5.41) is 0. The lowest BCUT2D eigenvalue weighted by Gasteiger charge is -2.19. The average Bonchev–Trinajstić information content (AvgIpc) is 3.01. The summed E-state index contributed by atoms with van der Waals surface area (Å²) in [4.78, 5) is 2.09. The van der Waals surface area contributed by atoms with E-state index in [0.29, 0.717) is 12.3 Å². The first-order valence-electron chi connectivity index (χ1n) is 7.04. The molecule has 1 fully saturated rings. The monoisotopic (exact) mass is 271 g/mol. The Morgan fingerprint density at radius 3 is 2.50 bits per heavy atom. The van der Waals surface area contributed by atoms with Gasteiger partial charge in [0.15, 0.2) is 0 Å². The maximum atomic E-state index is 13.9. The molecular weight excluding hydrogens is 253 g/mol. The molecule has 0 saturated carbocycles. The second-order valence-electron chi connectivity index (χ2n) is 5.08. The van der Waals surface area contributed by atoms with Crippen molar-refractivity contribution in [2.24, 2.45) is 0 Å². The molecule has 20 heavy (non-hydrogen) atoms. The van der Waals surface area contributed by atoms with Gasteiger partial charge in [-0.15, -0.1) is 0 Å². The Morgan fingerprint density at radius 2 is 1.75 bits per heavy atom. The highest BCUT2D eigenvalue weighted by Gasteiger charge is 2.16. The largest absolute Gasteiger partial charge is 0.489 e. The van der Waals surface area contributed by atoms with Crippen molar-refractivity contribution >= 4 is 5.69 Å². The molecule has 0 spiro atoms. The van der Waals surface area contributed by atoms with Crippen LogP contribution in [0.15, 0.2) is 48.5 Å². The summed E-state index contributed by atoms with van der Waals surface area (Å²) in [6.45, 7) is 2.37. The Kier molecular flexibility index (Phi) is 3.86. The number of halogens is 1. The standard InChI is InChI=1S/C17H18FNO/c18-16-9-8-15(12-17(16)19-10-4-5-11-19)20-13-14-6-2-1-3-7-14/h1-3,6-9,12H,4-5,10-11,13H2. The van der Waals surface area contributed by atoms with Gasteiger partial charge in [-0.25, -0.2) is 4.39 Å². The first kappa shape index (κ1) is 13.0. The van der Waals surface area contributed by atoms with Gasteiger partial charge in [0.1, 0.15) is 18.2 Å². The number of hydrogen-bond acceptors (Lipinski definition) is 2. The van der Waals surface area contributed by atoms with Crippen LogP contribution in [0.2, 0.25) is 0 Å². The van der Waals surface area contributed by atoms with Gasteiger partial charge in [0.2, 0.25) is 0 Å². The predicted octanol–water partition coefficient (Wildman–Crippen LogP) is 4.00. The first-order chi connectivity index (χ1) is 9.83. The van der Waals surface area contributed by atoms with E-state index in [9.17, 15) is 4.39 Å². The molecule has 104 valence electrons. The van der Waals surface area contributed by atoms with E-state index in [-0.39, 0.29) is 5.82 Å². The van der Waals surface area contributed by atoms with Crippen molar-refractivity contribution in [1.82, 2.24) is 0 Å². The van der Waals surface area contributed by atoms with Crippen LogP contribution >= 0.6 is 0 Å². The number of hydrogen-bond donors (Lipinski definition) is 0. The molecule has 2 nitrogen and oxygen atoms in total. The van der Waals surface area contributed by atoms with Crippen LogP contribution in [0.1, 0.15) is 18.4 Å². The molecule has 1 heterocycles. The maximum absolute atomic E-state index is 13.9. The van der Waals surface area contributed by atoms with Crippen LogP contribution in [-0.2, 0) is 6.61 Å². The molecule has 1 saturated heterocycles. The fourth-order valence-corrected chi connectivity index (χ4v) is 2.52. The Bertz CT molecular complexity index is 564. The van der Waals surface area contributed by atoms with Gasteiger partial charge in [-0.1, -0.05) is 30.3 Å². The summed E-state index contributed by atoms with van der Waals surface area (Å²) in [6.07, 6.45) is 2.27. The van der Waals surface area contributed by atoms with Crippen molar-refractivity contribution in [2.45, 2.75) is 19.4 Å². The lowest BCUT2D eigenvalue weighted by Crippen LogP contribution is -2.18. The number of ether oxygens (including phenoxy) is 1. The third-order valence-electron chi connectivity index (χ3n) is 3.61. The van der Waals surface area contributed by atoms with E-state index in [0.717, 1.165) is 37.2 Å². The van der Waals surface area contributed by atoms with Crippen molar-refractivity contribution < 1.29 is 9.13 Å². The molecule has 1 aliphatic heterocycles. The van der Waals surface area contributed by atoms with Crippen LogP contribution in [-0.4, -0.2) is 13.1 Å². The van der Waals surface area contributed by atoms with Crippen LogP contribution in [0.5, 0.6) is 5.75 Å². The lowest BCUT2D eigenvalue weighted by atomic mass is 10.2. The number of nitrogens with zero attached hydrogens (tertiary/aromatic N) is 1. The molecule has 0 atom stereocenters. The van der Waals surface area contributed by atoms with Gasteiger partial charge in [0.05, 0.1) is 5.69 Å². The van der Waals surface area contributed by atoms with Gasteiger partial charge in [-0.2, -0.15) is 0 Å². The van der Waals surface area contributed by atoms with E-state index in [2.05, 4.69) is 4.90 Å². The summed E-state index contributed by atoms with van der Waals surface area (Å²) in [5.41, 5.74) is 1.77. The van der Waals surface area contributed by atoms with E-state index in [1.165, 1.54) is 6.07 Å². The molecule has 2 aromatic carbocycles. The summed E-state index contributed by atoms with van der Waals surface area (Å²) in [7, 11) is 0. The van der Waals surface area contributed by atoms with Crippen molar-refractivity contribution in [2.75, 3.05) is 18.0 Å². The first-order valence-corrected chi connectivity index (χ1v) is 7.04. The van der Waals surface area contributed by atoms with Crippen molar-refractivity contribution in [1.29, 1.82) is 0 Å². The molecule has 0 aromatic heterocycles. The molecule has 0 bridgehead atoms. The van der Waals surface area contributed by atoms with Gasteiger partial charge in [-0.05, 0) is 30.5 Å². The minimum Gasteiger partial charge on any atom is -0.489 e. The summed E-state index contributed by atoms with van der Waals surface area (Å²) < 4.78 is 19.6. The zero-order valence-corrected chi connectivity index (χ0v) is 11.4. The normalized spacial score (nSPS) is 14.6. The van der Waals surface area contributed by atoms with Gasteiger partial charge in [-0.3, -0.25) is 0 Å². The highest BCUT2D eigenvalue weighted by molar-refractivity contribution is 5.52. The number of rotatable bonds is 4. The van der Waals surface area contributed by atoms with Gasteiger partial charge in [0, 0.05) is 19.2 Å². The smallest absolute Gasteiger partial charge is 0.146 e. The quantitative estimate of drug-likeness (QED) is 0.833. The highest BCUT2D eigenvalue weighted by atomic mass is 19.1. The highest BCUT2D eigenvalue weighted by Crippen LogP contribution is 2.28. The zero-order chi connectivity index (χ0) is 13.8. The Balaban J connectivity index is 1.72. The van der Waals surface area contributed by atoms with Crippen LogP contribution in [0, 0.1) is 5.82 Å². The van der Waals surface area contributed by atoms with E-state index < -0.39 is 0 Å². The fourth-order valence-electron chi connectivity index (χ4n) is 2.52. The Hall–Kier alpha value is -2.03. The minimum atomic E-state index is -0.168. The molecule has 0 aliphatic carbocycles. The lowest BCUT2D eigenvalue weighted by molar-refractivity contribution is 0.306.